The number of hydrogen-bond donors (Lipinski definition) is 0. The van der Waals surface area contributed by atoms with Crippen LogP contribution in [0.2, 0.25) is 0 Å². The first-order valence-corrected chi connectivity index (χ1v) is 5.18. The van der Waals surface area contributed by atoms with Gasteiger partial charge in [0.1, 0.15) is 0 Å². The second-order valence-electron chi connectivity index (χ2n) is 4.45. The van der Waals surface area contributed by atoms with Crippen molar-refractivity contribution in [1.29, 1.82) is 0 Å². The maximum absolute atomic E-state index is 3.77. The van der Waals surface area contributed by atoms with Gasteiger partial charge in [-0.25, -0.2) is 0 Å². The van der Waals surface area contributed by atoms with Crippen molar-refractivity contribution in [1.82, 2.24) is 0 Å². The zero-order valence-electron chi connectivity index (χ0n) is 6.73. The molecule has 0 heterocycles. The molecule has 10 heavy (non-hydrogen) atoms. The highest BCUT2D eigenvalue weighted by Crippen LogP contribution is 2.59. The van der Waals surface area contributed by atoms with Gasteiger partial charge in [-0.15, -0.1) is 0 Å². The third-order valence-corrected chi connectivity index (χ3v) is 4.79. The summed E-state index contributed by atoms with van der Waals surface area (Å²) in [4.78, 5) is 0.834. The number of fused-ring (bicyclic) bond motifs is 2. The van der Waals surface area contributed by atoms with Gasteiger partial charge >= 0.3 is 0 Å². The number of alkyl halides is 1. The van der Waals surface area contributed by atoms with Crippen LogP contribution in [0.4, 0.5) is 0 Å². The molecule has 0 aromatic carbocycles. The molecule has 2 aliphatic rings. The summed E-state index contributed by atoms with van der Waals surface area (Å²) in [5.41, 5.74) is 0.647. The van der Waals surface area contributed by atoms with E-state index < -0.39 is 0 Å². The number of rotatable bonds is 0. The zero-order valence-corrected chi connectivity index (χ0v) is 8.32. The molecule has 58 valence electrons. The molecule has 0 nitrogen and oxygen atoms in total. The monoisotopic (exact) mass is 202 g/mol. The summed E-state index contributed by atoms with van der Waals surface area (Å²) >= 11 is 3.77. The molecule has 3 atom stereocenters. The molecule has 1 heteroatoms. The molecule has 0 aliphatic heterocycles. The van der Waals surface area contributed by atoms with E-state index in [4.69, 9.17) is 0 Å². The van der Waals surface area contributed by atoms with Gasteiger partial charge in [0, 0.05) is 4.83 Å². The Bertz CT molecular complexity index is 151. The van der Waals surface area contributed by atoms with Crippen molar-refractivity contribution < 1.29 is 0 Å². The Labute approximate surface area is 71.5 Å². The van der Waals surface area contributed by atoms with Gasteiger partial charge in [0.25, 0.3) is 0 Å². The van der Waals surface area contributed by atoms with Crippen molar-refractivity contribution >= 4 is 15.9 Å². The van der Waals surface area contributed by atoms with Crippen LogP contribution in [0.1, 0.15) is 33.1 Å². The van der Waals surface area contributed by atoms with Crippen LogP contribution in [-0.2, 0) is 0 Å². The van der Waals surface area contributed by atoms with Crippen molar-refractivity contribution in [3.63, 3.8) is 0 Å². The van der Waals surface area contributed by atoms with E-state index in [1.165, 1.54) is 19.3 Å². The average molecular weight is 203 g/mol. The quantitative estimate of drug-likeness (QED) is 0.530. The van der Waals surface area contributed by atoms with Crippen molar-refractivity contribution in [2.45, 2.75) is 37.9 Å². The molecule has 2 bridgehead atoms. The SMILES string of the molecule is CC1(C)[C@@H]2CC[C@H]1[C@H](Br)C2. The van der Waals surface area contributed by atoms with Crippen molar-refractivity contribution in [3.05, 3.63) is 0 Å². The predicted octanol–water partition coefficient (Wildman–Crippen LogP) is 3.21. The van der Waals surface area contributed by atoms with Crippen LogP contribution >= 0.6 is 15.9 Å². The van der Waals surface area contributed by atoms with E-state index >= 15 is 0 Å². The van der Waals surface area contributed by atoms with Crippen molar-refractivity contribution in [2.75, 3.05) is 0 Å². The lowest BCUT2D eigenvalue weighted by atomic mass is 9.82. The van der Waals surface area contributed by atoms with E-state index in [-0.39, 0.29) is 0 Å². The largest absolute Gasteiger partial charge is 0.0887 e. The lowest BCUT2D eigenvalue weighted by molar-refractivity contribution is 0.261. The summed E-state index contributed by atoms with van der Waals surface area (Å²) < 4.78 is 0. The molecule has 2 rings (SSSR count). The minimum Gasteiger partial charge on any atom is -0.0887 e. The van der Waals surface area contributed by atoms with Gasteiger partial charge in [-0.1, -0.05) is 29.8 Å². The zero-order chi connectivity index (χ0) is 7.35. The standard InChI is InChI=1S/C9H15Br/c1-9(2)6-3-4-7(9)8(10)5-6/h6-8H,3-5H2,1-2H3/t6-,7+,8-/m1/s1. The Morgan fingerprint density at radius 2 is 2.00 bits per heavy atom. The van der Waals surface area contributed by atoms with E-state index in [9.17, 15) is 0 Å². The molecule has 0 saturated heterocycles. The van der Waals surface area contributed by atoms with Gasteiger partial charge in [0.05, 0.1) is 0 Å². The first-order valence-electron chi connectivity index (χ1n) is 4.26. The predicted molar refractivity (Wildman–Crippen MR) is 47.3 cm³/mol. The molecular weight excluding hydrogens is 188 g/mol. The molecule has 2 aliphatic carbocycles. The van der Waals surface area contributed by atoms with E-state index in [0.717, 1.165) is 16.7 Å². The summed E-state index contributed by atoms with van der Waals surface area (Å²) in [5, 5.41) is 0. The molecule has 0 spiro atoms. The van der Waals surface area contributed by atoms with Crippen molar-refractivity contribution in [3.8, 4) is 0 Å². The minimum atomic E-state index is 0.647. The Hall–Kier alpha value is 0.480. The van der Waals surface area contributed by atoms with Crippen LogP contribution in [0.15, 0.2) is 0 Å². The average Bonchev–Trinajstić information content (AvgIpc) is 2.20. The minimum absolute atomic E-state index is 0.647. The molecule has 2 fully saturated rings. The van der Waals surface area contributed by atoms with Crippen LogP contribution in [0.3, 0.4) is 0 Å². The molecule has 0 radical (unpaired) electrons. The maximum Gasteiger partial charge on any atom is 0.0182 e. The van der Waals surface area contributed by atoms with E-state index in [1.807, 2.05) is 0 Å². The topological polar surface area (TPSA) is 0 Å². The molecule has 0 unspecified atom stereocenters. The highest BCUT2D eigenvalue weighted by Gasteiger charge is 2.52. The Morgan fingerprint density at radius 3 is 2.20 bits per heavy atom. The molecule has 2 saturated carbocycles. The van der Waals surface area contributed by atoms with Crippen LogP contribution in [0.25, 0.3) is 0 Å². The van der Waals surface area contributed by atoms with Crippen LogP contribution in [-0.4, -0.2) is 4.83 Å². The fourth-order valence-electron chi connectivity index (χ4n) is 2.93. The van der Waals surface area contributed by atoms with E-state index in [2.05, 4.69) is 29.8 Å². The summed E-state index contributed by atoms with van der Waals surface area (Å²) in [6, 6.07) is 0. The summed E-state index contributed by atoms with van der Waals surface area (Å²) in [5.74, 6) is 1.99. The first kappa shape index (κ1) is 7.15. The summed E-state index contributed by atoms with van der Waals surface area (Å²) in [6.45, 7) is 4.88. The molecule has 0 amide bonds. The third kappa shape index (κ3) is 0.731. The first-order chi connectivity index (χ1) is 4.62. The molecule has 0 aromatic heterocycles. The van der Waals surface area contributed by atoms with Gasteiger partial charge in [-0.2, -0.15) is 0 Å². The fraction of sp³-hybridized carbons (Fsp3) is 1.00. The molecule has 0 N–H and O–H groups in total. The normalized spacial score (nSPS) is 50.1. The number of hydrogen-bond acceptors (Lipinski definition) is 0. The van der Waals surface area contributed by atoms with Gasteiger partial charge in [-0.3, -0.25) is 0 Å². The fourth-order valence-corrected chi connectivity index (χ4v) is 4.33. The van der Waals surface area contributed by atoms with E-state index in [0.29, 0.717) is 5.41 Å². The smallest absolute Gasteiger partial charge is 0.0182 e. The van der Waals surface area contributed by atoms with E-state index in [1.54, 1.807) is 0 Å². The van der Waals surface area contributed by atoms with Gasteiger partial charge in [0.15, 0.2) is 0 Å². The third-order valence-electron chi connectivity index (χ3n) is 3.78. The Balaban J connectivity index is 2.27. The van der Waals surface area contributed by atoms with Gasteiger partial charge < -0.3 is 0 Å². The highest BCUT2D eigenvalue weighted by molar-refractivity contribution is 9.09. The summed E-state index contributed by atoms with van der Waals surface area (Å²) in [7, 11) is 0. The Kier molecular flexibility index (Phi) is 1.43. The lowest BCUT2D eigenvalue weighted by Crippen LogP contribution is -2.19. The van der Waals surface area contributed by atoms with Crippen LogP contribution < -0.4 is 0 Å². The summed E-state index contributed by atoms with van der Waals surface area (Å²) in [6.07, 6.45) is 4.38. The van der Waals surface area contributed by atoms with Gasteiger partial charge in [-0.05, 0) is 36.5 Å². The second kappa shape index (κ2) is 2.00. The molecule has 0 aromatic rings. The van der Waals surface area contributed by atoms with Gasteiger partial charge in [0.2, 0.25) is 0 Å². The highest BCUT2D eigenvalue weighted by atomic mass is 79.9. The lowest BCUT2D eigenvalue weighted by Gasteiger charge is -2.24. The van der Waals surface area contributed by atoms with Crippen LogP contribution in [0, 0.1) is 17.3 Å². The maximum atomic E-state index is 3.77. The van der Waals surface area contributed by atoms with Crippen molar-refractivity contribution in [2.24, 2.45) is 17.3 Å². The molecular formula is C9H15Br. The van der Waals surface area contributed by atoms with Crippen LogP contribution in [0.5, 0.6) is 0 Å². The second-order valence-corrected chi connectivity index (χ2v) is 5.63. The number of halogens is 1. The Morgan fingerprint density at radius 1 is 1.30 bits per heavy atom.